The Labute approximate surface area is 140 Å². The number of hydrogen-bond donors (Lipinski definition) is 0. The first-order chi connectivity index (χ1) is 11.3. The molecule has 0 unspecified atom stereocenters. The zero-order valence-electron chi connectivity index (χ0n) is 14.4. The highest BCUT2D eigenvalue weighted by Crippen LogP contribution is 2.09. The van der Waals surface area contributed by atoms with E-state index in [1.54, 1.807) is 0 Å². The van der Waals surface area contributed by atoms with Crippen molar-refractivity contribution < 1.29 is 9.53 Å². The molecule has 3 aliphatic heterocycles. The van der Waals surface area contributed by atoms with Crippen LogP contribution >= 0.6 is 0 Å². The first-order valence-corrected chi connectivity index (χ1v) is 9.34. The van der Waals surface area contributed by atoms with Crippen LogP contribution in [0.15, 0.2) is 0 Å². The molecule has 0 aromatic carbocycles. The van der Waals surface area contributed by atoms with Gasteiger partial charge in [0.25, 0.3) is 0 Å². The molecule has 3 aliphatic rings. The van der Waals surface area contributed by atoms with Crippen molar-refractivity contribution in [3.8, 4) is 0 Å². The summed E-state index contributed by atoms with van der Waals surface area (Å²) in [6.07, 6.45) is 4.15. The van der Waals surface area contributed by atoms with Gasteiger partial charge in [0, 0.05) is 52.4 Å². The fourth-order valence-corrected chi connectivity index (χ4v) is 3.74. The van der Waals surface area contributed by atoms with Gasteiger partial charge in [-0.05, 0) is 25.9 Å². The van der Waals surface area contributed by atoms with Gasteiger partial charge in [-0.25, -0.2) is 0 Å². The van der Waals surface area contributed by atoms with Gasteiger partial charge >= 0.3 is 0 Å². The number of likely N-dealkylation sites (tertiary alicyclic amines) is 1. The van der Waals surface area contributed by atoms with Crippen LogP contribution in [0.25, 0.3) is 0 Å². The van der Waals surface area contributed by atoms with Crippen molar-refractivity contribution in [1.82, 2.24) is 19.6 Å². The number of carbonyl (C=O) groups is 1. The topological polar surface area (TPSA) is 39.3 Å². The third-order valence-corrected chi connectivity index (χ3v) is 5.37. The molecule has 3 fully saturated rings. The molecule has 0 radical (unpaired) electrons. The Morgan fingerprint density at radius 3 is 1.91 bits per heavy atom. The number of piperidine rings is 1. The van der Waals surface area contributed by atoms with Crippen molar-refractivity contribution in [3.63, 3.8) is 0 Å². The SMILES string of the molecule is O=C(CN1CCN(CCN2CCCCC2)CC1)N1CCOCC1. The fourth-order valence-electron chi connectivity index (χ4n) is 3.74. The zero-order chi connectivity index (χ0) is 15.9. The average Bonchev–Trinajstić information content (AvgIpc) is 2.63. The summed E-state index contributed by atoms with van der Waals surface area (Å²) in [5, 5.41) is 0. The molecular formula is C17H32N4O2. The number of ether oxygens (including phenoxy) is 1. The van der Waals surface area contributed by atoms with Crippen LogP contribution in [0.3, 0.4) is 0 Å². The number of rotatable bonds is 5. The van der Waals surface area contributed by atoms with Crippen LogP contribution in [0.1, 0.15) is 19.3 Å². The predicted octanol–water partition coefficient (Wildman–Crippen LogP) is -0.0513. The van der Waals surface area contributed by atoms with Gasteiger partial charge in [-0.3, -0.25) is 14.6 Å². The maximum Gasteiger partial charge on any atom is 0.236 e. The van der Waals surface area contributed by atoms with Crippen LogP contribution in [0.4, 0.5) is 0 Å². The van der Waals surface area contributed by atoms with E-state index in [4.69, 9.17) is 4.74 Å². The Hall–Kier alpha value is -0.690. The Morgan fingerprint density at radius 1 is 0.696 bits per heavy atom. The molecule has 0 N–H and O–H groups in total. The highest BCUT2D eigenvalue weighted by atomic mass is 16.5. The van der Waals surface area contributed by atoms with E-state index in [0.717, 1.165) is 39.3 Å². The first kappa shape index (κ1) is 17.1. The lowest BCUT2D eigenvalue weighted by molar-refractivity contribution is -0.136. The molecule has 0 aliphatic carbocycles. The second kappa shape index (κ2) is 8.97. The van der Waals surface area contributed by atoms with Crippen molar-refractivity contribution in [3.05, 3.63) is 0 Å². The van der Waals surface area contributed by atoms with E-state index in [1.807, 2.05) is 4.90 Å². The summed E-state index contributed by atoms with van der Waals surface area (Å²) in [4.78, 5) is 21.7. The minimum atomic E-state index is 0.273. The maximum atomic E-state index is 12.3. The van der Waals surface area contributed by atoms with E-state index in [-0.39, 0.29) is 5.91 Å². The second-order valence-electron chi connectivity index (χ2n) is 7.01. The quantitative estimate of drug-likeness (QED) is 0.709. The molecule has 0 aromatic heterocycles. The molecule has 6 nitrogen and oxygen atoms in total. The second-order valence-corrected chi connectivity index (χ2v) is 7.01. The van der Waals surface area contributed by atoms with Gasteiger partial charge in [-0.15, -0.1) is 0 Å². The van der Waals surface area contributed by atoms with Gasteiger partial charge in [0.1, 0.15) is 0 Å². The van der Waals surface area contributed by atoms with Crippen molar-refractivity contribution in [1.29, 1.82) is 0 Å². The van der Waals surface area contributed by atoms with Gasteiger partial charge in [0.05, 0.1) is 19.8 Å². The van der Waals surface area contributed by atoms with Gasteiger partial charge in [-0.1, -0.05) is 6.42 Å². The summed E-state index contributed by atoms with van der Waals surface area (Å²) in [7, 11) is 0. The standard InChI is InChI=1S/C17H32N4O2/c22-17(21-12-14-23-15-13-21)16-20-10-8-19(9-11-20)7-6-18-4-2-1-3-5-18/h1-16H2. The molecular weight excluding hydrogens is 292 g/mol. The highest BCUT2D eigenvalue weighted by Gasteiger charge is 2.23. The third kappa shape index (κ3) is 5.41. The molecule has 23 heavy (non-hydrogen) atoms. The largest absolute Gasteiger partial charge is 0.378 e. The molecule has 1 amide bonds. The number of morpholine rings is 1. The summed E-state index contributed by atoms with van der Waals surface area (Å²) >= 11 is 0. The average molecular weight is 324 g/mol. The molecule has 0 saturated carbocycles. The number of piperazine rings is 1. The van der Waals surface area contributed by atoms with Crippen molar-refractivity contribution in [2.24, 2.45) is 0 Å². The molecule has 0 atom stereocenters. The number of carbonyl (C=O) groups excluding carboxylic acids is 1. The predicted molar refractivity (Wildman–Crippen MR) is 90.6 cm³/mol. The van der Waals surface area contributed by atoms with Crippen LogP contribution < -0.4 is 0 Å². The van der Waals surface area contributed by atoms with E-state index in [2.05, 4.69) is 14.7 Å². The fraction of sp³-hybridized carbons (Fsp3) is 0.941. The van der Waals surface area contributed by atoms with Gasteiger partial charge < -0.3 is 14.5 Å². The molecule has 0 bridgehead atoms. The lowest BCUT2D eigenvalue weighted by Crippen LogP contribution is -2.52. The molecule has 0 aromatic rings. The summed E-state index contributed by atoms with van der Waals surface area (Å²) < 4.78 is 5.31. The summed E-state index contributed by atoms with van der Waals surface area (Å²) in [5.74, 6) is 0.273. The molecule has 3 rings (SSSR count). The van der Waals surface area contributed by atoms with Gasteiger partial charge in [0.15, 0.2) is 0 Å². The van der Waals surface area contributed by atoms with E-state index in [1.165, 1.54) is 45.4 Å². The van der Waals surface area contributed by atoms with Crippen LogP contribution in [0.5, 0.6) is 0 Å². The normalized spacial score (nSPS) is 25.7. The third-order valence-electron chi connectivity index (χ3n) is 5.37. The molecule has 132 valence electrons. The van der Waals surface area contributed by atoms with Crippen molar-refractivity contribution in [2.45, 2.75) is 19.3 Å². The molecule has 3 saturated heterocycles. The van der Waals surface area contributed by atoms with Crippen LogP contribution in [0, 0.1) is 0 Å². The van der Waals surface area contributed by atoms with Crippen LogP contribution in [0.2, 0.25) is 0 Å². The van der Waals surface area contributed by atoms with Crippen LogP contribution in [-0.4, -0.2) is 111 Å². The van der Waals surface area contributed by atoms with E-state index in [0.29, 0.717) is 19.8 Å². The Balaban J connectivity index is 1.31. The highest BCUT2D eigenvalue weighted by molar-refractivity contribution is 5.78. The summed E-state index contributed by atoms with van der Waals surface area (Å²) in [5.41, 5.74) is 0. The summed E-state index contributed by atoms with van der Waals surface area (Å²) in [6, 6.07) is 0. The minimum absolute atomic E-state index is 0.273. The number of amides is 1. The zero-order valence-corrected chi connectivity index (χ0v) is 14.4. The van der Waals surface area contributed by atoms with Crippen molar-refractivity contribution >= 4 is 5.91 Å². The van der Waals surface area contributed by atoms with E-state index in [9.17, 15) is 4.79 Å². The Kier molecular flexibility index (Phi) is 6.68. The maximum absolute atomic E-state index is 12.3. The van der Waals surface area contributed by atoms with Gasteiger partial charge in [0.2, 0.25) is 5.91 Å². The monoisotopic (exact) mass is 324 g/mol. The Bertz CT molecular complexity index is 360. The molecule has 6 heteroatoms. The van der Waals surface area contributed by atoms with E-state index >= 15 is 0 Å². The molecule has 3 heterocycles. The van der Waals surface area contributed by atoms with Crippen molar-refractivity contribution in [2.75, 3.05) is 85.2 Å². The number of hydrogen-bond acceptors (Lipinski definition) is 5. The minimum Gasteiger partial charge on any atom is -0.378 e. The lowest BCUT2D eigenvalue weighted by atomic mass is 10.1. The van der Waals surface area contributed by atoms with Gasteiger partial charge in [-0.2, -0.15) is 0 Å². The number of nitrogens with zero attached hydrogens (tertiary/aromatic N) is 4. The molecule has 0 spiro atoms. The summed E-state index contributed by atoms with van der Waals surface area (Å²) in [6.45, 7) is 12.7. The van der Waals surface area contributed by atoms with Crippen LogP contribution in [-0.2, 0) is 9.53 Å². The first-order valence-electron chi connectivity index (χ1n) is 9.34. The lowest BCUT2D eigenvalue weighted by Gasteiger charge is -2.37. The smallest absolute Gasteiger partial charge is 0.236 e. The Morgan fingerprint density at radius 2 is 1.26 bits per heavy atom. The van der Waals surface area contributed by atoms with E-state index < -0.39 is 0 Å².